The number of nitrogens with zero attached hydrogens (tertiary/aromatic N) is 2. The number of methoxy groups -OCH3 is 2. The van der Waals surface area contributed by atoms with Gasteiger partial charge in [-0.3, -0.25) is 24.5 Å². The van der Waals surface area contributed by atoms with E-state index in [1.165, 1.54) is 38.5 Å². The highest BCUT2D eigenvalue weighted by atomic mass is 16.6. The second-order valence-electron chi connectivity index (χ2n) is 11.0. The Morgan fingerprint density at radius 2 is 1.55 bits per heavy atom. The van der Waals surface area contributed by atoms with Crippen LogP contribution in [-0.2, 0) is 0 Å². The highest BCUT2D eigenvalue weighted by Crippen LogP contribution is 2.62. The zero-order valence-corrected chi connectivity index (χ0v) is 23.8. The lowest BCUT2D eigenvalue weighted by Crippen LogP contribution is -2.48. The van der Waals surface area contributed by atoms with Gasteiger partial charge in [-0.25, -0.2) is 0 Å². The number of nitro groups is 1. The molecule has 1 saturated heterocycles. The number of rotatable bonds is 6. The maximum atomic E-state index is 14.9. The molecular formula is C35H26N2O7. The average molecular weight is 587 g/mol. The molecule has 2 heterocycles. The van der Waals surface area contributed by atoms with Crippen molar-refractivity contribution in [3.8, 4) is 11.5 Å². The lowest BCUT2D eigenvalue weighted by molar-refractivity contribution is -0.384. The van der Waals surface area contributed by atoms with Crippen molar-refractivity contribution in [2.24, 2.45) is 5.41 Å². The summed E-state index contributed by atoms with van der Waals surface area (Å²) in [5, 5.41) is 11.7. The van der Waals surface area contributed by atoms with Gasteiger partial charge in [0.1, 0.15) is 11.5 Å². The molecule has 0 bridgehead atoms. The van der Waals surface area contributed by atoms with E-state index in [1.54, 1.807) is 42.5 Å². The normalized spacial score (nSPS) is 20.7. The number of hydrogen-bond donors (Lipinski definition) is 0. The van der Waals surface area contributed by atoms with Crippen molar-refractivity contribution < 1.29 is 28.8 Å². The summed E-state index contributed by atoms with van der Waals surface area (Å²) in [7, 11) is 2.96. The van der Waals surface area contributed by atoms with E-state index in [2.05, 4.69) is 0 Å². The molecule has 9 heteroatoms. The predicted octanol–water partition coefficient (Wildman–Crippen LogP) is 5.93. The Kier molecular flexibility index (Phi) is 6.21. The summed E-state index contributed by atoms with van der Waals surface area (Å²) in [4.78, 5) is 57.5. The average Bonchev–Trinajstić information content (AvgIpc) is 3.49. The molecule has 1 fully saturated rings. The molecule has 7 rings (SSSR count). The second-order valence-corrected chi connectivity index (χ2v) is 11.0. The summed E-state index contributed by atoms with van der Waals surface area (Å²) >= 11 is 0. The number of ketones is 3. The number of fused-ring (bicyclic) bond motifs is 5. The van der Waals surface area contributed by atoms with Crippen molar-refractivity contribution in [2.45, 2.75) is 18.0 Å². The Morgan fingerprint density at radius 3 is 2.23 bits per heavy atom. The molecule has 3 aliphatic rings. The molecule has 0 radical (unpaired) electrons. The molecule has 3 atom stereocenters. The van der Waals surface area contributed by atoms with Gasteiger partial charge >= 0.3 is 0 Å². The van der Waals surface area contributed by atoms with Gasteiger partial charge in [-0.1, -0.05) is 78.9 Å². The number of ether oxygens (including phenoxy) is 2. The molecule has 44 heavy (non-hydrogen) atoms. The first-order valence-corrected chi connectivity index (χ1v) is 14.1. The van der Waals surface area contributed by atoms with E-state index in [0.717, 1.165) is 5.56 Å². The topological polar surface area (TPSA) is 116 Å². The standard InChI is InChI=1S/C35H26N2O7/c1-43-27-16-8-14-25(32(27)44-2)29-30(31(38)21-10-7-11-22(19-21)37(41)42)36-26-15-6-3-9-20(26)17-18-28(36)35(29)33(39)23-12-4-5-13-24(23)34(35)40/h3-19,28-30H,1-2H3/t28-,29+,30+/m1/s1. The number of hydrogen-bond acceptors (Lipinski definition) is 8. The van der Waals surface area contributed by atoms with Gasteiger partial charge in [0, 0.05) is 46.0 Å². The Bertz CT molecular complexity index is 1890. The summed E-state index contributed by atoms with van der Waals surface area (Å²) in [5.74, 6) is -1.63. The SMILES string of the molecule is COc1cccc([C@H]2[C@@H](C(=O)c3cccc([N+](=O)[O-])c3)N3c4ccccc4C=C[C@@H]3C23C(=O)c2ccccc2C3=O)c1OC. The number of para-hydroxylation sites is 2. The van der Waals surface area contributed by atoms with Gasteiger partial charge in [0.2, 0.25) is 0 Å². The number of nitro benzene ring substituents is 1. The monoisotopic (exact) mass is 586 g/mol. The first-order valence-electron chi connectivity index (χ1n) is 14.1. The third kappa shape index (κ3) is 3.55. The van der Waals surface area contributed by atoms with Crippen LogP contribution in [0.1, 0.15) is 48.1 Å². The van der Waals surface area contributed by atoms with Crippen LogP contribution in [0.3, 0.4) is 0 Å². The minimum absolute atomic E-state index is 0.0920. The third-order valence-electron chi connectivity index (χ3n) is 9.09. The van der Waals surface area contributed by atoms with Crippen LogP contribution >= 0.6 is 0 Å². The van der Waals surface area contributed by atoms with Crippen molar-refractivity contribution in [1.82, 2.24) is 0 Å². The summed E-state index contributed by atoms with van der Waals surface area (Å²) < 4.78 is 11.5. The quantitative estimate of drug-likeness (QED) is 0.118. The smallest absolute Gasteiger partial charge is 0.270 e. The van der Waals surface area contributed by atoms with Crippen LogP contribution in [0.5, 0.6) is 11.5 Å². The van der Waals surface area contributed by atoms with Gasteiger partial charge in [0.25, 0.3) is 5.69 Å². The molecule has 0 saturated carbocycles. The van der Waals surface area contributed by atoms with E-state index in [9.17, 15) is 24.5 Å². The van der Waals surface area contributed by atoms with E-state index in [-0.39, 0.29) is 22.8 Å². The first kappa shape index (κ1) is 27.3. The van der Waals surface area contributed by atoms with E-state index in [1.807, 2.05) is 41.3 Å². The molecular weight excluding hydrogens is 560 g/mol. The van der Waals surface area contributed by atoms with Gasteiger partial charge in [-0.05, 0) is 17.7 Å². The molecule has 0 N–H and O–H groups in total. The van der Waals surface area contributed by atoms with Crippen LogP contribution in [0.4, 0.5) is 11.4 Å². The molecule has 0 unspecified atom stereocenters. The number of non-ortho nitro benzene ring substituents is 1. The minimum atomic E-state index is -1.76. The Morgan fingerprint density at radius 1 is 0.864 bits per heavy atom. The van der Waals surface area contributed by atoms with Crippen molar-refractivity contribution in [3.63, 3.8) is 0 Å². The summed E-state index contributed by atoms with van der Waals surface area (Å²) in [6.07, 6.45) is 3.70. The van der Waals surface area contributed by atoms with Gasteiger partial charge in [-0.15, -0.1) is 0 Å². The van der Waals surface area contributed by atoms with Crippen molar-refractivity contribution in [1.29, 1.82) is 0 Å². The van der Waals surface area contributed by atoms with E-state index < -0.39 is 34.1 Å². The van der Waals surface area contributed by atoms with Gasteiger partial charge in [0.15, 0.2) is 28.8 Å². The zero-order valence-electron chi connectivity index (χ0n) is 23.8. The van der Waals surface area contributed by atoms with Gasteiger partial charge < -0.3 is 14.4 Å². The fourth-order valence-electron chi connectivity index (χ4n) is 7.36. The highest BCUT2D eigenvalue weighted by Gasteiger charge is 2.72. The summed E-state index contributed by atoms with van der Waals surface area (Å²) in [5.41, 5.74) is 0.609. The van der Waals surface area contributed by atoms with Crippen LogP contribution in [0.2, 0.25) is 0 Å². The fraction of sp³-hybridized carbons (Fsp3) is 0.171. The Hall–Kier alpha value is -5.57. The van der Waals surface area contributed by atoms with Crippen LogP contribution < -0.4 is 14.4 Å². The van der Waals surface area contributed by atoms with Gasteiger partial charge in [-0.2, -0.15) is 0 Å². The fourth-order valence-corrected chi connectivity index (χ4v) is 7.36. The maximum absolute atomic E-state index is 14.9. The molecule has 0 amide bonds. The maximum Gasteiger partial charge on any atom is 0.270 e. The molecule has 1 spiro atoms. The number of carbonyl (C=O) groups excluding carboxylic acids is 3. The predicted molar refractivity (Wildman–Crippen MR) is 163 cm³/mol. The van der Waals surface area contributed by atoms with E-state index in [0.29, 0.717) is 33.9 Å². The number of anilines is 1. The Balaban J connectivity index is 1.58. The van der Waals surface area contributed by atoms with E-state index >= 15 is 0 Å². The van der Waals surface area contributed by atoms with Crippen molar-refractivity contribution in [2.75, 3.05) is 19.1 Å². The molecule has 1 aliphatic carbocycles. The van der Waals surface area contributed by atoms with E-state index in [4.69, 9.17) is 9.47 Å². The number of Topliss-reactive ketones (excluding diaryl/α,β-unsaturated/α-hetero) is 3. The van der Waals surface area contributed by atoms with Crippen LogP contribution in [0, 0.1) is 15.5 Å². The van der Waals surface area contributed by atoms with Crippen molar-refractivity contribution in [3.05, 3.63) is 135 Å². The lowest BCUT2D eigenvalue weighted by Gasteiger charge is -2.37. The van der Waals surface area contributed by atoms with Crippen molar-refractivity contribution >= 4 is 34.8 Å². The van der Waals surface area contributed by atoms with Crippen LogP contribution in [-0.4, -0.2) is 48.6 Å². The zero-order chi connectivity index (χ0) is 30.7. The summed E-state index contributed by atoms with van der Waals surface area (Å²) in [6, 6.07) is 22.9. The highest BCUT2D eigenvalue weighted by molar-refractivity contribution is 6.32. The van der Waals surface area contributed by atoms with Crippen LogP contribution in [0.25, 0.3) is 6.08 Å². The summed E-state index contributed by atoms with van der Waals surface area (Å²) in [6.45, 7) is 0. The molecule has 218 valence electrons. The van der Waals surface area contributed by atoms with Gasteiger partial charge in [0.05, 0.1) is 25.2 Å². The third-order valence-corrected chi connectivity index (χ3v) is 9.09. The molecule has 0 aromatic heterocycles. The second kappa shape index (κ2) is 10.0. The Labute approximate surface area is 252 Å². The molecule has 4 aromatic rings. The first-order chi connectivity index (χ1) is 21.3. The molecule has 9 nitrogen and oxygen atoms in total. The number of benzene rings is 4. The molecule has 2 aliphatic heterocycles. The lowest BCUT2D eigenvalue weighted by atomic mass is 9.64. The molecule has 4 aromatic carbocycles. The minimum Gasteiger partial charge on any atom is -0.493 e. The number of carbonyl (C=O) groups is 3. The largest absolute Gasteiger partial charge is 0.493 e. The van der Waals surface area contributed by atoms with Crippen LogP contribution in [0.15, 0.2) is 97.1 Å².